The van der Waals surface area contributed by atoms with Gasteiger partial charge in [-0.05, 0) is 41.5 Å². The van der Waals surface area contributed by atoms with E-state index in [0.717, 1.165) is 22.6 Å². The molecule has 0 bridgehead atoms. The molecule has 2 heterocycles. The number of thioether (sulfide) groups is 1. The van der Waals surface area contributed by atoms with E-state index in [1.807, 2.05) is 48.5 Å². The molecule has 142 valence electrons. The molecule has 0 N–H and O–H groups in total. The molecule has 7 heteroatoms. The summed E-state index contributed by atoms with van der Waals surface area (Å²) >= 11 is 6.73. The molecule has 2 aromatic rings. The average molecular weight is 412 g/mol. The number of nitrogens with zero attached hydrogens (tertiary/aromatic N) is 1. The Morgan fingerprint density at radius 2 is 1.96 bits per heavy atom. The van der Waals surface area contributed by atoms with E-state index < -0.39 is 0 Å². The van der Waals surface area contributed by atoms with E-state index >= 15 is 0 Å². The molecule has 0 aliphatic carbocycles. The van der Waals surface area contributed by atoms with Gasteiger partial charge in [-0.3, -0.25) is 9.69 Å². The fourth-order valence-corrected chi connectivity index (χ4v) is 4.08. The SMILES string of the molecule is C=CCOc1ccc(C=C2SC(=S)N(Cc3ccc4c(c3)OCO4)C2=O)cc1. The van der Waals surface area contributed by atoms with Crippen molar-refractivity contribution in [1.82, 2.24) is 4.90 Å². The van der Waals surface area contributed by atoms with Crippen LogP contribution in [0.4, 0.5) is 0 Å². The predicted octanol–water partition coefficient (Wildman–Crippen LogP) is 4.38. The van der Waals surface area contributed by atoms with Crippen molar-refractivity contribution in [2.24, 2.45) is 0 Å². The number of carbonyl (C=O) groups is 1. The van der Waals surface area contributed by atoms with Gasteiger partial charge in [0.1, 0.15) is 16.7 Å². The fourth-order valence-electron chi connectivity index (χ4n) is 2.82. The van der Waals surface area contributed by atoms with Crippen LogP contribution in [0.25, 0.3) is 6.08 Å². The molecule has 1 saturated heterocycles. The smallest absolute Gasteiger partial charge is 0.266 e. The van der Waals surface area contributed by atoms with E-state index in [0.29, 0.717) is 28.1 Å². The van der Waals surface area contributed by atoms with E-state index in [4.69, 9.17) is 26.4 Å². The third kappa shape index (κ3) is 3.90. The van der Waals surface area contributed by atoms with Crippen LogP contribution in [-0.4, -0.2) is 28.5 Å². The minimum Gasteiger partial charge on any atom is -0.490 e. The highest BCUT2D eigenvalue weighted by atomic mass is 32.2. The van der Waals surface area contributed by atoms with Crippen molar-refractivity contribution in [1.29, 1.82) is 0 Å². The van der Waals surface area contributed by atoms with Crippen molar-refractivity contribution >= 4 is 40.3 Å². The lowest BCUT2D eigenvalue weighted by Crippen LogP contribution is -2.27. The summed E-state index contributed by atoms with van der Waals surface area (Å²) in [5, 5.41) is 0. The molecule has 2 aliphatic rings. The summed E-state index contributed by atoms with van der Waals surface area (Å²) < 4.78 is 16.7. The largest absolute Gasteiger partial charge is 0.490 e. The van der Waals surface area contributed by atoms with Crippen LogP contribution in [0.3, 0.4) is 0 Å². The number of carbonyl (C=O) groups excluding carboxylic acids is 1. The predicted molar refractivity (Wildman–Crippen MR) is 113 cm³/mol. The normalized spacial score (nSPS) is 16.7. The van der Waals surface area contributed by atoms with Gasteiger partial charge in [-0.1, -0.05) is 54.8 Å². The Labute approximate surface area is 172 Å². The third-order valence-corrected chi connectivity index (χ3v) is 5.57. The third-order valence-electron chi connectivity index (χ3n) is 4.20. The van der Waals surface area contributed by atoms with E-state index in [9.17, 15) is 4.79 Å². The van der Waals surface area contributed by atoms with Gasteiger partial charge in [-0.15, -0.1) is 0 Å². The van der Waals surface area contributed by atoms with Crippen LogP contribution in [0.15, 0.2) is 60.0 Å². The van der Waals surface area contributed by atoms with E-state index in [1.54, 1.807) is 11.0 Å². The van der Waals surface area contributed by atoms with Gasteiger partial charge >= 0.3 is 0 Å². The second-order valence-corrected chi connectivity index (χ2v) is 7.80. The molecule has 2 aliphatic heterocycles. The van der Waals surface area contributed by atoms with Gasteiger partial charge in [-0.25, -0.2) is 0 Å². The number of ether oxygens (including phenoxy) is 3. The zero-order valence-electron chi connectivity index (χ0n) is 14.9. The lowest BCUT2D eigenvalue weighted by molar-refractivity contribution is -0.122. The topological polar surface area (TPSA) is 48.0 Å². The summed E-state index contributed by atoms with van der Waals surface area (Å²) in [5.74, 6) is 2.07. The van der Waals surface area contributed by atoms with Gasteiger partial charge in [0, 0.05) is 0 Å². The Bertz CT molecular complexity index is 969. The number of amides is 1. The molecule has 0 unspecified atom stereocenters. The number of fused-ring (bicyclic) bond motifs is 1. The monoisotopic (exact) mass is 411 g/mol. The van der Waals surface area contributed by atoms with Crippen LogP contribution in [0.2, 0.25) is 0 Å². The highest BCUT2D eigenvalue weighted by molar-refractivity contribution is 8.26. The minimum absolute atomic E-state index is 0.0975. The van der Waals surface area contributed by atoms with Gasteiger partial charge in [0.05, 0.1) is 11.4 Å². The first kappa shape index (κ1) is 18.6. The summed E-state index contributed by atoms with van der Waals surface area (Å²) in [6.45, 7) is 4.70. The molecule has 28 heavy (non-hydrogen) atoms. The van der Waals surface area contributed by atoms with Gasteiger partial charge in [-0.2, -0.15) is 0 Å². The highest BCUT2D eigenvalue weighted by Gasteiger charge is 2.32. The van der Waals surface area contributed by atoms with Crippen molar-refractivity contribution in [3.8, 4) is 17.2 Å². The van der Waals surface area contributed by atoms with E-state index in [2.05, 4.69) is 6.58 Å². The molecule has 2 aromatic carbocycles. The zero-order valence-corrected chi connectivity index (χ0v) is 16.6. The molecule has 4 rings (SSSR count). The maximum absolute atomic E-state index is 12.8. The zero-order chi connectivity index (χ0) is 19.5. The summed E-state index contributed by atoms with van der Waals surface area (Å²) in [6.07, 6.45) is 3.54. The molecule has 0 aromatic heterocycles. The lowest BCUT2D eigenvalue weighted by atomic mass is 10.2. The standard InChI is InChI=1S/C21H17NO4S2/c1-2-9-24-16-6-3-14(4-7-16)11-19-20(23)22(21(27)28-19)12-15-5-8-17-18(10-15)26-13-25-17/h2-8,10-11H,1,9,12-13H2. The van der Waals surface area contributed by atoms with Crippen molar-refractivity contribution in [2.75, 3.05) is 13.4 Å². The molecule has 1 amide bonds. The first-order chi connectivity index (χ1) is 13.6. The number of rotatable bonds is 6. The van der Waals surface area contributed by atoms with Crippen molar-refractivity contribution in [2.45, 2.75) is 6.54 Å². The molecular formula is C21H17NO4S2. The number of benzene rings is 2. The first-order valence-corrected chi connectivity index (χ1v) is 9.84. The average Bonchev–Trinajstić information content (AvgIpc) is 3.27. The van der Waals surface area contributed by atoms with Crippen molar-refractivity contribution in [3.05, 3.63) is 71.2 Å². The van der Waals surface area contributed by atoms with Gasteiger partial charge in [0.15, 0.2) is 11.5 Å². The summed E-state index contributed by atoms with van der Waals surface area (Å²) in [5.41, 5.74) is 1.85. The Balaban J connectivity index is 1.47. The fraction of sp³-hybridized carbons (Fsp3) is 0.143. The number of thiocarbonyl (C=S) groups is 1. The molecule has 5 nitrogen and oxygen atoms in total. The van der Waals surface area contributed by atoms with Gasteiger partial charge < -0.3 is 14.2 Å². The van der Waals surface area contributed by atoms with Gasteiger partial charge in [0.2, 0.25) is 6.79 Å². The first-order valence-electron chi connectivity index (χ1n) is 8.62. The highest BCUT2D eigenvalue weighted by Crippen LogP contribution is 2.36. The number of hydrogen-bond donors (Lipinski definition) is 0. The Morgan fingerprint density at radius 3 is 2.75 bits per heavy atom. The number of hydrogen-bond acceptors (Lipinski definition) is 6. The summed E-state index contributed by atoms with van der Waals surface area (Å²) in [4.78, 5) is 15.0. The Kier molecular flexibility index (Phi) is 5.36. The van der Waals surface area contributed by atoms with Crippen LogP contribution in [-0.2, 0) is 11.3 Å². The molecular weight excluding hydrogens is 394 g/mol. The molecule has 0 spiro atoms. The van der Waals surface area contributed by atoms with Crippen LogP contribution in [0.1, 0.15) is 11.1 Å². The van der Waals surface area contributed by atoms with E-state index in [1.165, 1.54) is 11.8 Å². The van der Waals surface area contributed by atoms with Crippen molar-refractivity contribution < 1.29 is 19.0 Å². The Hall–Kier alpha value is -2.77. The maximum Gasteiger partial charge on any atom is 0.266 e. The molecule has 0 radical (unpaired) electrons. The molecule has 0 atom stereocenters. The minimum atomic E-state index is -0.0975. The van der Waals surface area contributed by atoms with Crippen LogP contribution in [0.5, 0.6) is 17.2 Å². The Morgan fingerprint density at radius 1 is 1.18 bits per heavy atom. The quantitative estimate of drug-likeness (QED) is 0.399. The van der Waals surface area contributed by atoms with E-state index in [-0.39, 0.29) is 12.7 Å². The molecule has 1 fully saturated rings. The summed E-state index contributed by atoms with van der Waals surface area (Å²) in [6, 6.07) is 13.2. The van der Waals surface area contributed by atoms with Gasteiger partial charge in [0.25, 0.3) is 5.91 Å². The van der Waals surface area contributed by atoms with Crippen LogP contribution in [0, 0.1) is 0 Å². The second kappa shape index (κ2) is 8.08. The van der Waals surface area contributed by atoms with Crippen LogP contribution < -0.4 is 14.2 Å². The maximum atomic E-state index is 12.8. The van der Waals surface area contributed by atoms with Crippen molar-refractivity contribution in [3.63, 3.8) is 0 Å². The van der Waals surface area contributed by atoms with Crippen LogP contribution >= 0.6 is 24.0 Å². The lowest BCUT2D eigenvalue weighted by Gasteiger charge is -2.14. The second-order valence-electron chi connectivity index (χ2n) is 6.12. The molecule has 0 saturated carbocycles. The summed E-state index contributed by atoms with van der Waals surface area (Å²) in [7, 11) is 0.